The molecule has 0 unspecified atom stereocenters. The highest BCUT2D eigenvalue weighted by molar-refractivity contribution is 5.92. The second-order valence-electron chi connectivity index (χ2n) is 5.12. The molecule has 7 heteroatoms. The van der Waals surface area contributed by atoms with Crippen LogP contribution in [0.4, 0.5) is 5.69 Å². The van der Waals surface area contributed by atoms with Gasteiger partial charge in [0.25, 0.3) is 0 Å². The summed E-state index contributed by atoms with van der Waals surface area (Å²) in [5.41, 5.74) is 1.70. The Balaban J connectivity index is 1.83. The number of hydrogen-bond donors (Lipinski definition) is 1. The van der Waals surface area contributed by atoms with Crippen molar-refractivity contribution in [3.05, 3.63) is 58.6 Å². The number of anilines is 1. The average Bonchev–Trinajstić information content (AvgIpc) is 2.84. The number of fused-ring (bicyclic) bond motifs is 1. The van der Waals surface area contributed by atoms with E-state index in [1.165, 1.54) is 11.5 Å². The summed E-state index contributed by atoms with van der Waals surface area (Å²) in [5.74, 6) is 0.214. The molecule has 7 nitrogen and oxygen atoms in total. The molecule has 1 N–H and O–H groups in total. The fraction of sp³-hybridized carbons (Fsp3) is 0.188. The monoisotopic (exact) mass is 312 g/mol. The van der Waals surface area contributed by atoms with Gasteiger partial charge in [0.15, 0.2) is 5.65 Å². The summed E-state index contributed by atoms with van der Waals surface area (Å²) < 4.78 is 7.74. The quantitative estimate of drug-likeness (QED) is 0.791. The van der Waals surface area contributed by atoms with E-state index in [1.807, 2.05) is 19.1 Å². The minimum Gasteiger partial charge on any atom is -0.495 e. The second-order valence-corrected chi connectivity index (χ2v) is 5.12. The molecule has 1 aromatic carbocycles. The van der Waals surface area contributed by atoms with Crippen LogP contribution >= 0.6 is 0 Å². The van der Waals surface area contributed by atoms with Crippen molar-refractivity contribution >= 4 is 17.2 Å². The number of pyridine rings is 1. The first-order valence-corrected chi connectivity index (χ1v) is 7.07. The van der Waals surface area contributed by atoms with Crippen LogP contribution < -0.4 is 15.7 Å². The zero-order valence-electron chi connectivity index (χ0n) is 12.8. The smallest absolute Gasteiger partial charge is 0.350 e. The topological polar surface area (TPSA) is 77.6 Å². The van der Waals surface area contributed by atoms with Crippen molar-refractivity contribution in [2.75, 3.05) is 12.4 Å². The van der Waals surface area contributed by atoms with E-state index in [-0.39, 0.29) is 18.1 Å². The predicted molar refractivity (Wildman–Crippen MR) is 85.8 cm³/mol. The van der Waals surface area contributed by atoms with Crippen LogP contribution in [-0.4, -0.2) is 27.2 Å². The molecule has 23 heavy (non-hydrogen) atoms. The van der Waals surface area contributed by atoms with Crippen LogP contribution in [0.1, 0.15) is 5.56 Å². The number of amides is 1. The van der Waals surface area contributed by atoms with Crippen LogP contribution in [-0.2, 0) is 11.3 Å². The minimum absolute atomic E-state index is 0.169. The van der Waals surface area contributed by atoms with Crippen molar-refractivity contribution in [1.29, 1.82) is 0 Å². The molecule has 0 bridgehead atoms. The lowest BCUT2D eigenvalue weighted by atomic mass is 10.2. The van der Waals surface area contributed by atoms with Gasteiger partial charge in [-0.3, -0.25) is 9.20 Å². The Hall–Kier alpha value is -3.09. The van der Waals surface area contributed by atoms with Crippen LogP contribution in [0.2, 0.25) is 0 Å². The molecule has 2 heterocycles. The molecule has 0 aliphatic carbocycles. The molecule has 118 valence electrons. The highest BCUT2D eigenvalue weighted by Gasteiger charge is 2.12. The van der Waals surface area contributed by atoms with Crippen LogP contribution in [0.25, 0.3) is 5.65 Å². The summed E-state index contributed by atoms with van der Waals surface area (Å²) in [6, 6.07) is 10.7. The van der Waals surface area contributed by atoms with Crippen molar-refractivity contribution in [3.63, 3.8) is 0 Å². The van der Waals surface area contributed by atoms with Gasteiger partial charge in [-0.15, -0.1) is 5.10 Å². The van der Waals surface area contributed by atoms with E-state index in [0.29, 0.717) is 17.1 Å². The molecule has 0 aliphatic rings. The van der Waals surface area contributed by atoms with Gasteiger partial charge in [-0.05, 0) is 36.8 Å². The Morgan fingerprint density at radius 3 is 2.87 bits per heavy atom. The standard InChI is InChI=1S/C16H16N4O3/c1-11-6-7-13(23-2)12(9-11)17-15(21)10-20-16(22)19-8-4-3-5-14(19)18-20/h3-9H,10H2,1-2H3,(H,17,21). The lowest BCUT2D eigenvalue weighted by Crippen LogP contribution is -2.28. The number of ether oxygens (including phenoxy) is 1. The summed E-state index contributed by atoms with van der Waals surface area (Å²) in [7, 11) is 1.53. The largest absolute Gasteiger partial charge is 0.495 e. The first kappa shape index (κ1) is 14.8. The molecule has 0 atom stereocenters. The number of carbonyl (C=O) groups is 1. The average molecular weight is 312 g/mol. The van der Waals surface area contributed by atoms with E-state index in [1.54, 1.807) is 30.5 Å². The van der Waals surface area contributed by atoms with Crippen molar-refractivity contribution < 1.29 is 9.53 Å². The summed E-state index contributed by atoms with van der Waals surface area (Å²) in [6.07, 6.45) is 1.61. The first-order chi connectivity index (χ1) is 11.1. The fourth-order valence-corrected chi connectivity index (χ4v) is 2.32. The van der Waals surface area contributed by atoms with Crippen molar-refractivity contribution in [2.24, 2.45) is 0 Å². The minimum atomic E-state index is -0.355. The highest BCUT2D eigenvalue weighted by Crippen LogP contribution is 2.25. The lowest BCUT2D eigenvalue weighted by molar-refractivity contribution is -0.117. The van der Waals surface area contributed by atoms with E-state index in [0.717, 1.165) is 10.2 Å². The second kappa shape index (κ2) is 5.96. The Bertz CT molecular complexity index is 926. The maximum Gasteiger partial charge on any atom is 0.350 e. The number of aromatic nitrogens is 3. The number of nitrogens with zero attached hydrogens (tertiary/aromatic N) is 3. The number of methoxy groups -OCH3 is 1. The van der Waals surface area contributed by atoms with E-state index in [4.69, 9.17) is 4.74 Å². The summed E-state index contributed by atoms with van der Waals surface area (Å²) in [6.45, 7) is 1.75. The van der Waals surface area contributed by atoms with Crippen molar-refractivity contribution in [3.8, 4) is 5.75 Å². The number of rotatable bonds is 4. The molecule has 0 fully saturated rings. The molecule has 1 amide bonds. The molecular weight excluding hydrogens is 296 g/mol. The summed E-state index contributed by atoms with van der Waals surface area (Å²) in [5, 5.41) is 6.88. The van der Waals surface area contributed by atoms with Gasteiger partial charge in [-0.25, -0.2) is 9.48 Å². The van der Waals surface area contributed by atoms with Crippen LogP contribution in [0.15, 0.2) is 47.4 Å². The SMILES string of the molecule is COc1ccc(C)cc1NC(=O)Cn1nc2ccccn2c1=O. The van der Waals surface area contributed by atoms with E-state index < -0.39 is 0 Å². The van der Waals surface area contributed by atoms with Crippen LogP contribution in [0, 0.1) is 6.92 Å². The van der Waals surface area contributed by atoms with Gasteiger partial charge in [-0.1, -0.05) is 12.1 Å². The van der Waals surface area contributed by atoms with Crippen LogP contribution in [0.3, 0.4) is 0 Å². The Morgan fingerprint density at radius 2 is 2.13 bits per heavy atom. The van der Waals surface area contributed by atoms with Gasteiger partial charge in [0.2, 0.25) is 5.91 Å². The highest BCUT2D eigenvalue weighted by atomic mass is 16.5. The Morgan fingerprint density at radius 1 is 1.30 bits per heavy atom. The van der Waals surface area contributed by atoms with Crippen molar-refractivity contribution in [2.45, 2.75) is 13.5 Å². The number of hydrogen-bond acceptors (Lipinski definition) is 4. The maximum atomic E-state index is 12.2. The number of nitrogens with one attached hydrogen (secondary N) is 1. The normalized spacial score (nSPS) is 10.7. The van der Waals surface area contributed by atoms with Crippen LogP contribution in [0.5, 0.6) is 5.75 Å². The van der Waals surface area contributed by atoms with Gasteiger partial charge < -0.3 is 10.1 Å². The zero-order valence-corrected chi connectivity index (χ0v) is 12.8. The Kier molecular flexibility index (Phi) is 3.84. The molecule has 0 saturated heterocycles. The van der Waals surface area contributed by atoms with Gasteiger partial charge in [0, 0.05) is 6.20 Å². The van der Waals surface area contributed by atoms with Gasteiger partial charge in [-0.2, -0.15) is 0 Å². The molecular formula is C16H16N4O3. The number of carbonyl (C=O) groups excluding carboxylic acids is 1. The molecule has 0 aliphatic heterocycles. The molecule has 0 saturated carbocycles. The molecule has 3 aromatic rings. The fourth-order valence-electron chi connectivity index (χ4n) is 2.32. The predicted octanol–water partition coefficient (Wildman–Crippen LogP) is 1.45. The molecule has 3 rings (SSSR count). The van der Waals surface area contributed by atoms with E-state index in [2.05, 4.69) is 10.4 Å². The first-order valence-electron chi connectivity index (χ1n) is 7.07. The summed E-state index contributed by atoms with van der Waals surface area (Å²) in [4.78, 5) is 24.4. The molecule has 2 aromatic heterocycles. The number of aryl methyl sites for hydroxylation is 1. The maximum absolute atomic E-state index is 12.2. The van der Waals surface area contributed by atoms with E-state index >= 15 is 0 Å². The zero-order chi connectivity index (χ0) is 16.4. The lowest BCUT2D eigenvalue weighted by Gasteiger charge is -2.10. The summed E-state index contributed by atoms with van der Waals surface area (Å²) >= 11 is 0. The van der Waals surface area contributed by atoms with Gasteiger partial charge >= 0.3 is 5.69 Å². The van der Waals surface area contributed by atoms with Gasteiger partial charge in [0.05, 0.1) is 12.8 Å². The van der Waals surface area contributed by atoms with Gasteiger partial charge in [0.1, 0.15) is 12.3 Å². The molecule has 0 spiro atoms. The third-order valence-electron chi connectivity index (χ3n) is 3.41. The number of benzene rings is 1. The third-order valence-corrected chi connectivity index (χ3v) is 3.41. The molecule has 0 radical (unpaired) electrons. The van der Waals surface area contributed by atoms with E-state index in [9.17, 15) is 9.59 Å². The third kappa shape index (κ3) is 2.94. The van der Waals surface area contributed by atoms with Crippen molar-refractivity contribution in [1.82, 2.24) is 14.2 Å². The Labute approximate surface area is 132 Å².